The van der Waals surface area contributed by atoms with E-state index >= 15 is 0 Å². The van der Waals surface area contributed by atoms with Crippen LogP contribution in [0, 0.1) is 15.9 Å². The Morgan fingerprint density at radius 1 is 1.21 bits per heavy atom. The van der Waals surface area contributed by atoms with Crippen molar-refractivity contribution in [1.82, 2.24) is 0 Å². The zero-order chi connectivity index (χ0) is 13.8. The Morgan fingerprint density at radius 2 is 1.89 bits per heavy atom. The van der Waals surface area contributed by atoms with E-state index in [-0.39, 0.29) is 10.7 Å². The quantitative estimate of drug-likeness (QED) is 0.478. The van der Waals surface area contributed by atoms with E-state index in [4.69, 9.17) is 11.6 Å². The lowest BCUT2D eigenvalue weighted by atomic mass is 10.1. The first-order chi connectivity index (χ1) is 9.08. The molecule has 96 valence electrons. The lowest BCUT2D eigenvalue weighted by Crippen LogP contribution is -1.97. The van der Waals surface area contributed by atoms with Crippen LogP contribution in [0.5, 0.6) is 0 Å². The van der Waals surface area contributed by atoms with Crippen LogP contribution in [0.2, 0.25) is 5.02 Å². The van der Waals surface area contributed by atoms with Gasteiger partial charge in [-0.15, -0.1) is 0 Å². The predicted octanol–water partition coefficient (Wildman–Crippen LogP) is 4.25. The topological polar surface area (TPSA) is 43.1 Å². The molecular weight excluding hydrogens is 269 g/mol. The molecule has 2 aromatic rings. The maximum absolute atomic E-state index is 12.9. The monoisotopic (exact) mass is 277 g/mol. The highest BCUT2D eigenvalue weighted by Gasteiger charge is 2.14. The fraction of sp³-hybridized carbons (Fsp3) is 0. The molecule has 19 heavy (non-hydrogen) atoms. The molecule has 0 unspecified atom stereocenters. The van der Waals surface area contributed by atoms with Gasteiger partial charge in [0.1, 0.15) is 5.82 Å². The van der Waals surface area contributed by atoms with Crippen LogP contribution in [0.25, 0.3) is 11.8 Å². The molecule has 0 amide bonds. The second kappa shape index (κ2) is 5.63. The van der Waals surface area contributed by atoms with Crippen molar-refractivity contribution in [2.75, 3.05) is 0 Å². The van der Waals surface area contributed by atoms with Crippen molar-refractivity contribution < 1.29 is 9.31 Å². The maximum atomic E-state index is 12.9. The molecule has 0 radical (unpaired) electrons. The minimum atomic E-state index is -0.491. The maximum Gasteiger partial charge on any atom is 0.277 e. The van der Waals surface area contributed by atoms with Crippen LogP contribution in [-0.2, 0) is 0 Å². The zero-order valence-corrected chi connectivity index (χ0v) is 10.5. The van der Waals surface area contributed by atoms with Crippen molar-refractivity contribution in [1.29, 1.82) is 0 Å². The number of nitrogens with zero attached hydrogens (tertiary/aromatic N) is 1. The Hall–Kier alpha value is -2.20. The van der Waals surface area contributed by atoms with Crippen LogP contribution >= 0.6 is 11.6 Å². The van der Waals surface area contributed by atoms with Gasteiger partial charge in [-0.1, -0.05) is 35.9 Å². The molecule has 0 aromatic heterocycles. The van der Waals surface area contributed by atoms with E-state index in [2.05, 4.69) is 0 Å². The summed E-state index contributed by atoms with van der Waals surface area (Å²) in [5.74, 6) is -0.482. The van der Waals surface area contributed by atoms with Crippen LogP contribution in [0.1, 0.15) is 11.1 Å². The summed E-state index contributed by atoms with van der Waals surface area (Å²) in [5.41, 5.74) is 0.778. The van der Waals surface area contributed by atoms with Gasteiger partial charge in [-0.2, -0.15) is 0 Å². The highest BCUT2D eigenvalue weighted by Crippen LogP contribution is 2.24. The SMILES string of the molecule is O=[N+]([O-])/C(=C/c1ccc(F)cc1Cl)c1ccccc1. The van der Waals surface area contributed by atoms with Gasteiger partial charge in [0.05, 0.1) is 15.5 Å². The Bertz CT molecular complexity index is 641. The molecule has 2 aromatic carbocycles. The zero-order valence-electron chi connectivity index (χ0n) is 9.72. The van der Waals surface area contributed by atoms with Gasteiger partial charge in [0.25, 0.3) is 5.70 Å². The summed E-state index contributed by atoms with van der Waals surface area (Å²) in [6.07, 6.45) is 1.33. The summed E-state index contributed by atoms with van der Waals surface area (Å²) in [4.78, 5) is 10.6. The Labute approximate surface area is 114 Å². The highest BCUT2D eigenvalue weighted by molar-refractivity contribution is 6.32. The van der Waals surface area contributed by atoms with Crippen LogP contribution in [0.4, 0.5) is 4.39 Å². The van der Waals surface area contributed by atoms with E-state index < -0.39 is 10.7 Å². The Balaban J connectivity index is 2.51. The minimum Gasteiger partial charge on any atom is -0.258 e. The molecule has 0 fully saturated rings. The normalized spacial score (nSPS) is 11.4. The summed E-state index contributed by atoms with van der Waals surface area (Å²) in [7, 11) is 0. The van der Waals surface area contributed by atoms with E-state index in [1.54, 1.807) is 30.3 Å². The molecule has 0 aliphatic carbocycles. The van der Waals surface area contributed by atoms with Crippen molar-refractivity contribution in [2.45, 2.75) is 0 Å². The first-order valence-corrected chi connectivity index (χ1v) is 5.82. The second-order valence-electron chi connectivity index (χ2n) is 3.82. The molecule has 0 spiro atoms. The van der Waals surface area contributed by atoms with Gasteiger partial charge < -0.3 is 0 Å². The van der Waals surface area contributed by atoms with Gasteiger partial charge in [0, 0.05) is 11.6 Å². The minimum absolute atomic E-state index is 0.0888. The van der Waals surface area contributed by atoms with Crippen molar-refractivity contribution in [2.24, 2.45) is 0 Å². The van der Waals surface area contributed by atoms with E-state index in [1.807, 2.05) is 0 Å². The van der Waals surface area contributed by atoms with Gasteiger partial charge in [-0.3, -0.25) is 10.1 Å². The fourth-order valence-corrected chi connectivity index (χ4v) is 1.84. The molecule has 5 heteroatoms. The predicted molar refractivity (Wildman–Crippen MR) is 72.7 cm³/mol. The summed E-state index contributed by atoms with van der Waals surface area (Å²) in [6, 6.07) is 12.2. The third kappa shape index (κ3) is 3.17. The summed E-state index contributed by atoms with van der Waals surface area (Å²) in [5, 5.41) is 11.2. The van der Waals surface area contributed by atoms with E-state index in [0.29, 0.717) is 11.1 Å². The van der Waals surface area contributed by atoms with Crippen molar-refractivity contribution in [3.63, 3.8) is 0 Å². The first kappa shape index (κ1) is 13.2. The van der Waals surface area contributed by atoms with Crippen LogP contribution < -0.4 is 0 Å². The molecule has 3 nitrogen and oxygen atoms in total. The highest BCUT2D eigenvalue weighted by atomic mass is 35.5. The smallest absolute Gasteiger partial charge is 0.258 e. The summed E-state index contributed by atoms with van der Waals surface area (Å²) >= 11 is 5.86. The number of halogens is 2. The molecule has 0 aliphatic rings. The lowest BCUT2D eigenvalue weighted by molar-refractivity contribution is -0.374. The van der Waals surface area contributed by atoms with Crippen molar-refractivity contribution in [3.05, 3.63) is 80.6 Å². The lowest BCUT2D eigenvalue weighted by Gasteiger charge is -2.01. The fourth-order valence-electron chi connectivity index (χ4n) is 1.62. The summed E-state index contributed by atoms with van der Waals surface area (Å²) < 4.78 is 12.9. The third-order valence-corrected chi connectivity index (χ3v) is 2.85. The molecule has 0 saturated carbocycles. The average molecular weight is 278 g/mol. The number of hydrogen-bond donors (Lipinski definition) is 0. The molecule has 0 N–H and O–H groups in total. The van der Waals surface area contributed by atoms with E-state index in [1.165, 1.54) is 18.2 Å². The van der Waals surface area contributed by atoms with Crippen LogP contribution in [0.15, 0.2) is 48.5 Å². The largest absolute Gasteiger partial charge is 0.277 e. The number of nitro groups is 1. The standard InChI is InChI=1S/C14H9ClFNO2/c15-13-9-12(16)7-6-11(13)8-14(17(18)19)10-4-2-1-3-5-10/h1-9H/b14-8+. The first-order valence-electron chi connectivity index (χ1n) is 5.44. The Kier molecular flexibility index (Phi) is 3.92. The molecule has 0 heterocycles. The number of benzene rings is 2. The van der Waals surface area contributed by atoms with Gasteiger partial charge in [0.15, 0.2) is 0 Å². The molecular formula is C14H9ClFNO2. The average Bonchev–Trinajstić information content (AvgIpc) is 2.38. The molecule has 2 rings (SSSR count). The third-order valence-electron chi connectivity index (χ3n) is 2.52. The van der Waals surface area contributed by atoms with Gasteiger partial charge in [0.2, 0.25) is 0 Å². The number of hydrogen-bond acceptors (Lipinski definition) is 2. The summed E-state index contributed by atoms with van der Waals surface area (Å²) in [6.45, 7) is 0. The molecule has 0 bridgehead atoms. The van der Waals surface area contributed by atoms with E-state index in [9.17, 15) is 14.5 Å². The number of rotatable bonds is 3. The molecule has 0 aliphatic heterocycles. The van der Waals surface area contributed by atoms with Crippen molar-refractivity contribution in [3.8, 4) is 0 Å². The van der Waals surface area contributed by atoms with Gasteiger partial charge in [-0.25, -0.2) is 4.39 Å². The van der Waals surface area contributed by atoms with Crippen molar-refractivity contribution >= 4 is 23.4 Å². The van der Waals surface area contributed by atoms with Crippen LogP contribution in [0.3, 0.4) is 0 Å². The second-order valence-corrected chi connectivity index (χ2v) is 4.23. The van der Waals surface area contributed by atoms with Gasteiger partial charge >= 0.3 is 0 Å². The van der Waals surface area contributed by atoms with Crippen LogP contribution in [-0.4, -0.2) is 4.92 Å². The van der Waals surface area contributed by atoms with Gasteiger partial charge in [-0.05, 0) is 24.3 Å². The van der Waals surface area contributed by atoms with E-state index in [0.717, 1.165) is 6.07 Å². The Morgan fingerprint density at radius 3 is 2.47 bits per heavy atom. The molecule has 0 atom stereocenters. The molecule has 0 saturated heterocycles.